The van der Waals surface area contributed by atoms with Crippen molar-refractivity contribution in [2.24, 2.45) is 0 Å². The Morgan fingerprint density at radius 3 is 2.58 bits per heavy atom. The lowest BCUT2D eigenvalue weighted by molar-refractivity contribution is -0.123. The third kappa shape index (κ3) is 4.58. The van der Waals surface area contributed by atoms with Crippen LogP contribution >= 0.6 is 0 Å². The molecule has 0 fully saturated rings. The molecule has 0 unspecified atom stereocenters. The maximum Gasteiger partial charge on any atom is 0.257 e. The van der Waals surface area contributed by atoms with Crippen LogP contribution in [-0.2, 0) is 4.79 Å². The molecule has 4 nitrogen and oxygen atoms in total. The van der Waals surface area contributed by atoms with Crippen LogP contribution in [0.3, 0.4) is 0 Å². The van der Waals surface area contributed by atoms with E-state index in [0.717, 1.165) is 16.3 Å². The molecule has 0 aromatic heterocycles. The van der Waals surface area contributed by atoms with Gasteiger partial charge in [-0.1, -0.05) is 42.5 Å². The Labute approximate surface area is 151 Å². The molecule has 0 bridgehead atoms. The SMILES string of the molecule is O=C(COc1ccc(F)cc1)NCC[C@@H](O)c1cccc2ccccc12. The molecule has 5 heteroatoms. The van der Waals surface area contributed by atoms with Gasteiger partial charge in [-0.05, 0) is 47.0 Å². The summed E-state index contributed by atoms with van der Waals surface area (Å²) in [7, 11) is 0. The maximum absolute atomic E-state index is 12.8. The van der Waals surface area contributed by atoms with Gasteiger partial charge in [-0.25, -0.2) is 4.39 Å². The Morgan fingerprint density at radius 2 is 1.77 bits per heavy atom. The number of aliphatic hydroxyl groups excluding tert-OH is 1. The molecule has 134 valence electrons. The number of carbonyl (C=O) groups is 1. The summed E-state index contributed by atoms with van der Waals surface area (Å²) in [5, 5.41) is 15.2. The summed E-state index contributed by atoms with van der Waals surface area (Å²) in [5.74, 6) is -0.221. The highest BCUT2D eigenvalue weighted by Gasteiger charge is 2.11. The zero-order valence-corrected chi connectivity index (χ0v) is 14.2. The predicted molar refractivity (Wildman–Crippen MR) is 98.4 cm³/mol. The Bertz CT molecular complexity index is 875. The summed E-state index contributed by atoms with van der Waals surface area (Å²) >= 11 is 0. The molecule has 3 aromatic rings. The minimum atomic E-state index is -0.667. The van der Waals surface area contributed by atoms with Crippen molar-refractivity contribution in [1.82, 2.24) is 5.32 Å². The molecule has 1 atom stereocenters. The van der Waals surface area contributed by atoms with E-state index in [-0.39, 0.29) is 18.3 Å². The van der Waals surface area contributed by atoms with Gasteiger partial charge in [0.15, 0.2) is 6.61 Å². The van der Waals surface area contributed by atoms with Gasteiger partial charge in [0.05, 0.1) is 6.10 Å². The second-order valence-electron chi connectivity index (χ2n) is 5.97. The highest BCUT2D eigenvalue weighted by Crippen LogP contribution is 2.25. The molecule has 0 heterocycles. The molecule has 0 saturated heterocycles. The van der Waals surface area contributed by atoms with Gasteiger partial charge in [0.25, 0.3) is 5.91 Å². The van der Waals surface area contributed by atoms with Crippen LogP contribution in [0.1, 0.15) is 18.1 Å². The van der Waals surface area contributed by atoms with Crippen molar-refractivity contribution in [1.29, 1.82) is 0 Å². The lowest BCUT2D eigenvalue weighted by Crippen LogP contribution is -2.30. The molecule has 0 radical (unpaired) electrons. The van der Waals surface area contributed by atoms with E-state index in [0.29, 0.717) is 18.7 Å². The van der Waals surface area contributed by atoms with Crippen molar-refractivity contribution >= 4 is 16.7 Å². The highest BCUT2D eigenvalue weighted by atomic mass is 19.1. The Balaban J connectivity index is 1.47. The minimum absolute atomic E-state index is 0.157. The summed E-state index contributed by atoms with van der Waals surface area (Å²) < 4.78 is 18.1. The summed E-state index contributed by atoms with van der Waals surface area (Å²) in [6.07, 6.45) is -0.268. The first-order chi connectivity index (χ1) is 12.6. The molecule has 26 heavy (non-hydrogen) atoms. The Kier molecular flexibility index (Phi) is 5.81. The number of rotatable bonds is 7. The largest absolute Gasteiger partial charge is 0.484 e. The van der Waals surface area contributed by atoms with Crippen LogP contribution in [0, 0.1) is 5.82 Å². The van der Waals surface area contributed by atoms with E-state index < -0.39 is 6.10 Å². The average molecular weight is 353 g/mol. The minimum Gasteiger partial charge on any atom is -0.484 e. The molecule has 0 saturated carbocycles. The standard InChI is InChI=1S/C21H20FNO3/c22-16-8-10-17(11-9-16)26-14-21(25)23-13-12-20(24)19-7-3-5-15-4-1-2-6-18(15)19/h1-11,20,24H,12-14H2,(H,23,25)/t20-/m1/s1. The molecule has 0 aliphatic rings. The number of hydrogen-bond acceptors (Lipinski definition) is 3. The first-order valence-corrected chi connectivity index (χ1v) is 8.44. The van der Waals surface area contributed by atoms with Crippen molar-refractivity contribution < 1.29 is 19.0 Å². The van der Waals surface area contributed by atoms with Crippen LogP contribution in [0.15, 0.2) is 66.7 Å². The van der Waals surface area contributed by atoms with E-state index in [1.165, 1.54) is 24.3 Å². The van der Waals surface area contributed by atoms with E-state index in [1.807, 2.05) is 42.5 Å². The number of halogens is 1. The van der Waals surface area contributed by atoms with Crippen molar-refractivity contribution in [3.05, 3.63) is 78.1 Å². The number of ether oxygens (including phenoxy) is 1. The summed E-state index contributed by atoms with van der Waals surface area (Å²) in [6.45, 7) is 0.173. The van der Waals surface area contributed by atoms with E-state index >= 15 is 0 Å². The first kappa shape index (κ1) is 17.9. The van der Waals surface area contributed by atoms with Gasteiger partial charge in [0, 0.05) is 6.54 Å². The lowest BCUT2D eigenvalue weighted by Gasteiger charge is -2.14. The van der Waals surface area contributed by atoms with Crippen LogP contribution in [0.4, 0.5) is 4.39 Å². The maximum atomic E-state index is 12.8. The van der Waals surface area contributed by atoms with E-state index in [1.54, 1.807) is 0 Å². The van der Waals surface area contributed by atoms with Gasteiger partial charge < -0.3 is 15.2 Å². The average Bonchev–Trinajstić information content (AvgIpc) is 2.67. The van der Waals surface area contributed by atoms with Gasteiger partial charge in [-0.2, -0.15) is 0 Å². The number of hydrogen-bond donors (Lipinski definition) is 2. The zero-order valence-electron chi connectivity index (χ0n) is 14.2. The molecule has 3 aromatic carbocycles. The highest BCUT2D eigenvalue weighted by molar-refractivity contribution is 5.86. The van der Waals surface area contributed by atoms with E-state index in [2.05, 4.69) is 5.32 Å². The fourth-order valence-electron chi connectivity index (χ4n) is 2.78. The third-order valence-electron chi connectivity index (χ3n) is 4.11. The zero-order chi connectivity index (χ0) is 18.4. The van der Waals surface area contributed by atoms with Crippen LogP contribution in [0.25, 0.3) is 10.8 Å². The van der Waals surface area contributed by atoms with Gasteiger partial charge >= 0.3 is 0 Å². The second kappa shape index (κ2) is 8.45. The Hall–Kier alpha value is -2.92. The van der Waals surface area contributed by atoms with Crippen molar-refractivity contribution in [3.8, 4) is 5.75 Å². The predicted octanol–water partition coefficient (Wildman–Crippen LogP) is 3.60. The van der Waals surface area contributed by atoms with E-state index in [4.69, 9.17) is 4.74 Å². The Morgan fingerprint density at radius 1 is 1.04 bits per heavy atom. The number of aliphatic hydroxyl groups is 1. The molecular weight excluding hydrogens is 333 g/mol. The topological polar surface area (TPSA) is 58.6 Å². The summed E-state index contributed by atoms with van der Waals surface area (Å²) in [4.78, 5) is 11.8. The van der Waals surface area contributed by atoms with Crippen LogP contribution in [-0.4, -0.2) is 24.2 Å². The van der Waals surface area contributed by atoms with Gasteiger partial charge in [0.2, 0.25) is 0 Å². The van der Waals surface area contributed by atoms with Gasteiger partial charge in [0.1, 0.15) is 11.6 Å². The van der Waals surface area contributed by atoms with Crippen LogP contribution in [0.2, 0.25) is 0 Å². The van der Waals surface area contributed by atoms with Gasteiger partial charge in [-0.15, -0.1) is 0 Å². The number of carbonyl (C=O) groups excluding carboxylic acids is 1. The first-order valence-electron chi connectivity index (χ1n) is 8.44. The summed E-state index contributed by atoms with van der Waals surface area (Å²) in [5.41, 5.74) is 0.847. The quantitative estimate of drug-likeness (QED) is 0.682. The molecular formula is C21H20FNO3. The lowest BCUT2D eigenvalue weighted by atomic mass is 9.99. The molecule has 0 aliphatic heterocycles. The summed E-state index contributed by atoms with van der Waals surface area (Å²) in [6, 6.07) is 19.2. The van der Waals surface area contributed by atoms with Crippen LogP contribution in [0.5, 0.6) is 5.75 Å². The molecule has 2 N–H and O–H groups in total. The monoisotopic (exact) mass is 353 g/mol. The fraction of sp³-hybridized carbons (Fsp3) is 0.190. The molecule has 0 spiro atoms. The van der Waals surface area contributed by atoms with Crippen molar-refractivity contribution in [2.45, 2.75) is 12.5 Å². The van der Waals surface area contributed by atoms with E-state index in [9.17, 15) is 14.3 Å². The number of amides is 1. The molecule has 1 amide bonds. The normalized spacial score (nSPS) is 11.9. The number of nitrogens with one attached hydrogen (secondary N) is 1. The molecule has 3 rings (SSSR count). The number of benzene rings is 3. The second-order valence-corrected chi connectivity index (χ2v) is 5.97. The number of fused-ring (bicyclic) bond motifs is 1. The third-order valence-corrected chi connectivity index (χ3v) is 4.11. The van der Waals surface area contributed by atoms with Crippen molar-refractivity contribution in [2.75, 3.05) is 13.2 Å². The van der Waals surface area contributed by atoms with Crippen LogP contribution < -0.4 is 10.1 Å². The smallest absolute Gasteiger partial charge is 0.257 e. The fourth-order valence-corrected chi connectivity index (χ4v) is 2.78. The van der Waals surface area contributed by atoms with Crippen molar-refractivity contribution in [3.63, 3.8) is 0 Å². The molecule has 0 aliphatic carbocycles. The van der Waals surface area contributed by atoms with Gasteiger partial charge in [-0.3, -0.25) is 4.79 Å².